The van der Waals surface area contributed by atoms with Crippen LogP contribution in [0.4, 0.5) is 0 Å². The Morgan fingerprint density at radius 3 is 1.65 bits per heavy atom. The molecule has 0 saturated heterocycles. The Hall–Kier alpha value is -1.80. The summed E-state index contributed by atoms with van der Waals surface area (Å²) >= 11 is -2.28. The van der Waals surface area contributed by atoms with Crippen molar-refractivity contribution in [2.24, 2.45) is 0 Å². The van der Waals surface area contributed by atoms with Crippen LogP contribution in [0.1, 0.15) is 0 Å². The van der Waals surface area contributed by atoms with E-state index in [2.05, 4.69) is 0 Å². The molecule has 5 heteroatoms. The van der Waals surface area contributed by atoms with Gasteiger partial charge in [-0.15, -0.1) is 0 Å². The number of nitrogens with zero attached hydrogens (tertiary/aromatic N) is 1. The van der Waals surface area contributed by atoms with E-state index < -0.39 is 20.1 Å². The average Bonchev–Trinajstić information content (AvgIpc) is 2.38. The van der Waals surface area contributed by atoms with Gasteiger partial charge in [-0.2, -0.15) is 0 Å². The van der Waals surface area contributed by atoms with E-state index in [9.17, 15) is 10.1 Å². The predicted molar refractivity (Wildman–Crippen MR) is 66.0 cm³/mol. The molecule has 0 amide bonds. The Balaban J connectivity index is 2.36. The summed E-state index contributed by atoms with van der Waals surface area (Å²) in [7, 11) is 0. The zero-order valence-corrected chi connectivity index (χ0v) is 10.8. The summed E-state index contributed by atoms with van der Waals surface area (Å²) in [6, 6.07) is 18.7. The molecule has 86 valence electrons. The van der Waals surface area contributed by atoms with Crippen molar-refractivity contribution in [1.82, 2.24) is 0 Å². The first-order valence-electron chi connectivity index (χ1n) is 5.00. The molecule has 0 aliphatic carbocycles. The molecule has 0 aromatic heterocycles. The summed E-state index contributed by atoms with van der Waals surface area (Å²) in [6.45, 7) is 0. The van der Waals surface area contributed by atoms with Crippen LogP contribution in [0.3, 0.4) is 0 Å². The summed E-state index contributed by atoms with van der Waals surface area (Å²) in [5, 5.41) is 9.88. The van der Waals surface area contributed by atoms with E-state index in [1.165, 1.54) is 0 Å². The molecular weight excluding hydrogens is 281 g/mol. The van der Waals surface area contributed by atoms with Crippen LogP contribution in [-0.4, -0.2) is 20.1 Å². The van der Waals surface area contributed by atoms with Gasteiger partial charge < -0.3 is 0 Å². The van der Waals surface area contributed by atoms with Crippen molar-refractivity contribution in [1.29, 1.82) is 0 Å². The topological polar surface area (TPSA) is 52.4 Å². The average molecular weight is 291 g/mol. The Bertz CT molecular complexity index is 450. The van der Waals surface area contributed by atoms with Crippen molar-refractivity contribution in [3.8, 4) is 0 Å². The molecule has 2 aromatic rings. The molecule has 0 spiro atoms. The Kier molecular flexibility index (Phi) is 3.78. The molecule has 0 heterocycles. The standard InChI is InChI=1S/C12H10AsNO3/c15-14(16)17-13(11-7-3-1-4-8-11)12-9-5-2-6-10-12/h1-10H. The van der Waals surface area contributed by atoms with Crippen molar-refractivity contribution in [3.63, 3.8) is 0 Å². The van der Waals surface area contributed by atoms with Crippen LogP contribution in [0.2, 0.25) is 0 Å². The quantitative estimate of drug-likeness (QED) is 0.480. The number of hydrogen-bond acceptors (Lipinski definition) is 3. The third-order valence-electron chi connectivity index (χ3n) is 2.13. The summed E-state index contributed by atoms with van der Waals surface area (Å²) in [6.07, 6.45) is 0. The molecule has 0 fully saturated rings. The first-order chi connectivity index (χ1) is 8.27. The zero-order chi connectivity index (χ0) is 12.1. The van der Waals surface area contributed by atoms with Crippen LogP contribution in [0.25, 0.3) is 0 Å². The summed E-state index contributed by atoms with van der Waals surface area (Å²) in [5.41, 5.74) is 0. The van der Waals surface area contributed by atoms with Gasteiger partial charge in [-0.3, -0.25) is 0 Å². The van der Waals surface area contributed by atoms with Crippen molar-refractivity contribution in [2.75, 3.05) is 0 Å². The fourth-order valence-corrected chi connectivity index (χ4v) is 4.60. The molecule has 0 N–H and O–H groups in total. The predicted octanol–water partition coefficient (Wildman–Crippen LogP) is 1.00. The van der Waals surface area contributed by atoms with Crippen molar-refractivity contribution >= 4 is 23.7 Å². The van der Waals surface area contributed by atoms with Crippen LogP contribution in [0.5, 0.6) is 0 Å². The molecule has 0 bridgehead atoms. The van der Waals surface area contributed by atoms with Gasteiger partial charge in [0.1, 0.15) is 0 Å². The van der Waals surface area contributed by atoms with E-state index in [1.807, 2.05) is 60.7 Å². The molecule has 0 aliphatic heterocycles. The zero-order valence-electron chi connectivity index (χ0n) is 8.89. The molecule has 2 rings (SSSR count). The Labute approximate surface area is 104 Å². The van der Waals surface area contributed by atoms with Gasteiger partial charge >= 0.3 is 103 Å². The van der Waals surface area contributed by atoms with Crippen LogP contribution in [-0.2, 0) is 3.83 Å². The second-order valence-electron chi connectivity index (χ2n) is 3.27. The van der Waals surface area contributed by atoms with Gasteiger partial charge in [-0.05, 0) is 0 Å². The van der Waals surface area contributed by atoms with E-state index >= 15 is 0 Å². The maximum absolute atomic E-state index is 10.6. The maximum atomic E-state index is 10.6. The van der Waals surface area contributed by atoms with Gasteiger partial charge in [0.05, 0.1) is 0 Å². The molecule has 0 atom stereocenters. The van der Waals surface area contributed by atoms with Crippen LogP contribution >= 0.6 is 0 Å². The summed E-state index contributed by atoms with van der Waals surface area (Å²) < 4.78 is 6.70. The van der Waals surface area contributed by atoms with Crippen molar-refractivity contribution in [2.45, 2.75) is 0 Å². The number of hydrogen-bond donors (Lipinski definition) is 0. The van der Waals surface area contributed by atoms with Crippen molar-refractivity contribution in [3.05, 3.63) is 70.8 Å². The minimum atomic E-state index is -2.28. The molecular formula is C12H10AsNO3. The van der Waals surface area contributed by atoms with E-state index in [4.69, 9.17) is 3.83 Å². The van der Waals surface area contributed by atoms with Gasteiger partial charge in [0.25, 0.3) is 0 Å². The number of rotatable bonds is 4. The van der Waals surface area contributed by atoms with E-state index in [0.717, 1.165) is 8.70 Å². The fourth-order valence-electron chi connectivity index (χ4n) is 1.44. The molecule has 0 radical (unpaired) electrons. The minimum absolute atomic E-state index is 0.694. The monoisotopic (exact) mass is 291 g/mol. The van der Waals surface area contributed by atoms with E-state index in [0.29, 0.717) is 0 Å². The van der Waals surface area contributed by atoms with Gasteiger partial charge in [-0.25, -0.2) is 0 Å². The van der Waals surface area contributed by atoms with Crippen molar-refractivity contribution < 1.29 is 8.91 Å². The second-order valence-corrected chi connectivity index (χ2v) is 7.02. The summed E-state index contributed by atoms with van der Waals surface area (Å²) in [4.78, 5) is 10.6. The molecule has 0 aliphatic rings. The van der Waals surface area contributed by atoms with E-state index in [-0.39, 0.29) is 0 Å². The third kappa shape index (κ3) is 3.08. The summed E-state index contributed by atoms with van der Waals surface area (Å²) in [5.74, 6) is 0. The molecule has 0 unspecified atom stereocenters. The second kappa shape index (κ2) is 5.50. The van der Waals surface area contributed by atoms with Crippen LogP contribution in [0.15, 0.2) is 60.7 Å². The molecule has 4 nitrogen and oxygen atoms in total. The van der Waals surface area contributed by atoms with Gasteiger partial charge in [0, 0.05) is 0 Å². The normalized spacial score (nSPS) is 10.2. The first-order valence-corrected chi connectivity index (χ1v) is 7.64. The van der Waals surface area contributed by atoms with Gasteiger partial charge in [-0.1, -0.05) is 0 Å². The first kappa shape index (κ1) is 11.7. The molecule has 2 aromatic carbocycles. The van der Waals surface area contributed by atoms with Gasteiger partial charge in [0.15, 0.2) is 0 Å². The van der Waals surface area contributed by atoms with E-state index in [1.54, 1.807) is 0 Å². The Morgan fingerprint density at radius 2 is 1.29 bits per heavy atom. The van der Waals surface area contributed by atoms with Crippen LogP contribution < -0.4 is 8.70 Å². The fraction of sp³-hybridized carbons (Fsp3) is 0. The van der Waals surface area contributed by atoms with Gasteiger partial charge in [0.2, 0.25) is 0 Å². The molecule has 17 heavy (non-hydrogen) atoms. The van der Waals surface area contributed by atoms with Crippen LogP contribution in [0, 0.1) is 10.1 Å². The SMILES string of the molecule is O=[N+]([O-])O[As](c1ccccc1)c1ccccc1. The Morgan fingerprint density at radius 1 is 0.882 bits per heavy atom. The molecule has 0 saturated carbocycles. The number of benzene rings is 2. The third-order valence-corrected chi connectivity index (χ3v) is 5.97.